The monoisotopic (exact) mass is 308 g/mol. The van der Waals surface area contributed by atoms with Gasteiger partial charge in [-0.1, -0.05) is 15.9 Å². The average Bonchev–Trinajstić information content (AvgIpc) is 2.29. The molecule has 5 nitrogen and oxygen atoms in total. The molecule has 0 aliphatic carbocycles. The van der Waals surface area contributed by atoms with E-state index in [2.05, 4.69) is 15.9 Å². The first-order valence-electron chi connectivity index (χ1n) is 5.47. The fraction of sp³-hybridized carbons (Fsp3) is 0.727. The molecule has 0 N–H and O–H groups in total. The first kappa shape index (κ1) is 16.1. The molecule has 0 fully saturated rings. The van der Waals surface area contributed by atoms with Crippen molar-refractivity contribution < 1.29 is 23.9 Å². The van der Waals surface area contributed by atoms with E-state index in [0.717, 1.165) is 0 Å². The molecule has 0 spiro atoms. The number of halogens is 1. The zero-order chi connectivity index (χ0) is 13.3. The van der Waals surface area contributed by atoms with Gasteiger partial charge in [-0.25, -0.2) is 0 Å². The molecule has 0 aromatic heterocycles. The van der Waals surface area contributed by atoms with Crippen LogP contribution in [0, 0.1) is 5.92 Å². The van der Waals surface area contributed by atoms with Crippen molar-refractivity contribution in [2.45, 2.75) is 26.7 Å². The zero-order valence-electron chi connectivity index (χ0n) is 10.0. The predicted octanol–water partition coefficient (Wildman–Crippen LogP) is 1.47. The quantitative estimate of drug-likeness (QED) is 0.386. The van der Waals surface area contributed by atoms with Crippen LogP contribution in [0.3, 0.4) is 0 Å². The summed E-state index contributed by atoms with van der Waals surface area (Å²) in [6.07, 6.45) is 0.273. The number of hydrogen-bond donors (Lipinski definition) is 0. The summed E-state index contributed by atoms with van der Waals surface area (Å²) in [4.78, 5) is 34.2. The van der Waals surface area contributed by atoms with Gasteiger partial charge in [-0.05, 0) is 20.3 Å². The topological polar surface area (TPSA) is 69.7 Å². The molecule has 98 valence electrons. The molecule has 17 heavy (non-hydrogen) atoms. The van der Waals surface area contributed by atoms with Crippen LogP contribution in [0.25, 0.3) is 0 Å². The third-order valence-electron chi connectivity index (χ3n) is 2.00. The van der Waals surface area contributed by atoms with E-state index in [1.54, 1.807) is 13.8 Å². The number of rotatable bonds is 8. The third-order valence-corrected chi connectivity index (χ3v) is 2.63. The lowest BCUT2D eigenvalue weighted by atomic mass is 10.0. The maximum atomic E-state index is 11.5. The van der Waals surface area contributed by atoms with Gasteiger partial charge in [0.25, 0.3) is 0 Å². The Labute approximate surface area is 109 Å². The first-order valence-corrected chi connectivity index (χ1v) is 6.59. The van der Waals surface area contributed by atoms with Crippen LogP contribution in [-0.2, 0) is 23.9 Å². The van der Waals surface area contributed by atoms with Crippen LogP contribution in [0.15, 0.2) is 0 Å². The minimum atomic E-state index is -1.00. The maximum absolute atomic E-state index is 11.5. The number of esters is 2. The van der Waals surface area contributed by atoms with Crippen LogP contribution in [0.4, 0.5) is 0 Å². The van der Waals surface area contributed by atoms with E-state index >= 15 is 0 Å². The van der Waals surface area contributed by atoms with Crippen molar-refractivity contribution in [1.82, 2.24) is 0 Å². The van der Waals surface area contributed by atoms with Gasteiger partial charge in [0.2, 0.25) is 0 Å². The lowest BCUT2D eigenvalue weighted by molar-refractivity contribution is -0.161. The second-order valence-electron chi connectivity index (χ2n) is 3.27. The lowest BCUT2D eigenvalue weighted by Gasteiger charge is -2.13. The van der Waals surface area contributed by atoms with Gasteiger partial charge in [0.05, 0.1) is 18.5 Å². The summed E-state index contributed by atoms with van der Waals surface area (Å²) in [5.41, 5.74) is 0. The molecule has 0 saturated heterocycles. The van der Waals surface area contributed by atoms with Gasteiger partial charge >= 0.3 is 11.9 Å². The van der Waals surface area contributed by atoms with Crippen molar-refractivity contribution >= 4 is 33.7 Å². The SMILES string of the molecule is CCOC(=O)C(CCC(=O)CBr)C(=O)OCC. The average molecular weight is 309 g/mol. The standard InChI is InChI=1S/C11H17BrO5/c1-3-16-10(14)9(11(15)17-4-2)6-5-8(13)7-12/h9H,3-7H2,1-2H3. The molecule has 0 unspecified atom stereocenters. The van der Waals surface area contributed by atoms with E-state index < -0.39 is 17.9 Å². The Balaban J connectivity index is 4.44. The first-order chi connectivity index (χ1) is 8.06. The van der Waals surface area contributed by atoms with E-state index in [9.17, 15) is 14.4 Å². The molecule has 0 aliphatic heterocycles. The van der Waals surface area contributed by atoms with Gasteiger partial charge in [-0.2, -0.15) is 0 Å². The van der Waals surface area contributed by atoms with Crippen LogP contribution in [0.2, 0.25) is 0 Å². The van der Waals surface area contributed by atoms with Gasteiger partial charge in [0, 0.05) is 6.42 Å². The van der Waals surface area contributed by atoms with Gasteiger partial charge in [0.1, 0.15) is 5.78 Å². The molecule has 0 radical (unpaired) electrons. The molecule has 0 heterocycles. The molecule has 0 aliphatic rings. The molecule has 0 amide bonds. The summed E-state index contributed by atoms with van der Waals surface area (Å²) in [5.74, 6) is -2.33. The predicted molar refractivity (Wildman–Crippen MR) is 64.8 cm³/mol. The summed E-state index contributed by atoms with van der Waals surface area (Å²) < 4.78 is 9.55. The summed E-state index contributed by atoms with van der Waals surface area (Å²) in [6.45, 7) is 3.70. The van der Waals surface area contributed by atoms with Gasteiger partial charge in [-0.3, -0.25) is 14.4 Å². The Kier molecular flexibility index (Phi) is 8.66. The maximum Gasteiger partial charge on any atom is 0.320 e. The Morgan fingerprint density at radius 1 is 1.06 bits per heavy atom. The Morgan fingerprint density at radius 2 is 1.53 bits per heavy atom. The largest absolute Gasteiger partial charge is 0.465 e. The van der Waals surface area contributed by atoms with Crippen molar-refractivity contribution in [2.24, 2.45) is 5.92 Å². The molecular formula is C11H17BrO5. The Hall–Kier alpha value is -0.910. The fourth-order valence-corrected chi connectivity index (χ4v) is 1.47. The highest BCUT2D eigenvalue weighted by atomic mass is 79.9. The van der Waals surface area contributed by atoms with Crippen LogP contribution < -0.4 is 0 Å². The highest BCUT2D eigenvalue weighted by Crippen LogP contribution is 2.12. The second-order valence-corrected chi connectivity index (χ2v) is 3.83. The molecular weight excluding hydrogens is 292 g/mol. The van der Waals surface area contributed by atoms with Crippen LogP contribution in [0.5, 0.6) is 0 Å². The van der Waals surface area contributed by atoms with Crippen molar-refractivity contribution in [3.05, 3.63) is 0 Å². The minimum Gasteiger partial charge on any atom is -0.465 e. The molecule has 0 aromatic carbocycles. The van der Waals surface area contributed by atoms with E-state index in [1.807, 2.05) is 0 Å². The normalized spacial score (nSPS) is 10.1. The summed E-state index contributed by atoms with van der Waals surface area (Å²) in [7, 11) is 0. The molecule has 0 rings (SSSR count). The van der Waals surface area contributed by atoms with E-state index in [-0.39, 0.29) is 37.2 Å². The number of carbonyl (C=O) groups excluding carboxylic acids is 3. The highest BCUT2D eigenvalue weighted by Gasteiger charge is 2.29. The number of alkyl halides is 1. The van der Waals surface area contributed by atoms with Crippen molar-refractivity contribution in [1.29, 1.82) is 0 Å². The fourth-order valence-electron chi connectivity index (χ4n) is 1.19. The van der Waals surface area contributed by atoms with E-state index in [1.165, 1.54) is 0 Å². The molecule has 0 aromatic rings. The molecule has 0 atom stereocenters. The molecule has 6 heteroatoms. The zero-order valence-corrected chi connectivity index (χ0v) is 11.6. The lowest BCUT2D eigenvalue weighted by Crippen LogP contribution is -2.28. The molecule has 0 bridgehead atoms. The van der Waals surface area contributed by atoms with Crippen molar-refractivity contribution in [2.75, 3.05) is 18.5 Å². The van der Waals surface area contributed by atoms with E-state index in [0.29, 0.717) is 0 Å². The van der Waals surface area contributed by atoms with Crippen molar-refractivity contribution in [3.8, 4) is 0 Å². The number of hydrogen-bond acceptors (Lipinski definition) is 5. The third kappa shape index (κ3) is 6.41. The second kappa shape index (κ2) is 9.15. The van der Waals surface area contributed by atoms with Gasteiger partial charge in [-0.15, -0.1) is 0 Å². The summed E-state index contributed by atoms with van der Waals surface area (Å²) >= 11 is 3.02. The number of carbonyl (C=O) groups is 3. The van der Waals surface area contributed by atoms with Crippen LogP contribution >= 0.6 is 15.9 Å². The van der Waals surface area contributed by atoms with Crippen LogP contribution in [-0.4, -0.2) is 36.3 Å². The van der Waals surface area contributed by atoms with Gasteiger partial charge < -0.3 is 9.47 Å². The minimum absolute atomic E-state index is 0.0661. The number of ether oxygens (including phenoxy) is 2. The summed E-state index contributed by atoms with van der Waals surface area (Å²) in [6, 6.07) is 0. The van der Waals surface area contributed by atoms with Crippen molar-refractivity contribution in [3.63, 3.8) is 0 Å². The number of ketones is 1. The van der Waals surface area contributed by atoms with E-state index in [4.69, 9.17) is 9.47 Å². The number of Topliss-reactive ketones (excluding diaryl/α,β-unsaturated/α-hetero) is 1. The smallest absolute Gasteiger partial charge is 0.320 e. The highest BCUT2D eigenvalue weighted by molar-refractivity contribution is 9.09. The Bertz CT molecular complexity index is 259. The summed E-state index contributed by atoms with van der Waals surface area (Å²) in [5, 5.41) is 0.214. The van der Waals surface area contributed by atoms with Gasteiger partial charge in [0.15, 0.2) is 5.92 Å². The Morgan fingerprint density at radius 3 is 1.88 bits per heavy atom. The molecule has 0 saturated carbocycles. The van der Waals surface area contributed by atoms with Crippen LogP contribution in [0.1, 0.15) is 26.7 Å².